The highest BCUT2D eigenvalue weighted by molar-refractivity contribution is 5.91. The number of carbonyl (C=O) groups is 1. The maximum absolute atomic E-state index is 12.5. The standard InChI is InChI=1S/C16H24N2O4/c1-13(2)17-5-8-20-12-16(10-17)11-18(6-9-22-16)15(19)14-4-3-7-21-14/h3-4,7,13H,5-6,8-12H2,1-2H3. The SMILES string of the molecule is CC(C)N1CCOCC2(CN(C(=O)c3ccco3)CCO2)C1. The van der Waals surface area contributed by atoms with Crippen LogP contribution in [0.2, 0.25) is 0 Å². The van der Waals surface area contributed by atoms with Crippen LogP contribution in [0, 0.1) is 0 Å². The van der Waals surface area contributed by atoms with E-state index in [1.54, 1.807) is 12.1 Å². The Labute approximate surface area is 131 Å². The minimum atomic E-state index is -0.443. The van der Waals surface area contributed by atoms with Gasteiger partial charge in [-0.05, 0) is 26.0 Å². The van der Waals surface area contributed by atoms with Crippen LogP contribution in [-0.2, 0) is 9.47 Å². The molecule has 1 atom stereocenters. The summed E-state index contributed by atoms with van der Waals surface area (Å²) >= 11 is 0. The summed E-state index contributed by atoms with van der Waals surface area (Å²) < 4.78 is 17.1. The van der Waals surface area contributed by atoms with E-state index < -0.39 is 5.60 Å². The molecule has 1 aromatic rings. The molecule has 1 aromatic heterocycles. The topological polar surface area (TPSA) is 55.2 Å². The average molecular weight is 308 g/mol. The number of morpholine rings is 1. The van der Waals surface area contributed by atoms with Gasteiger partial charge in [-0.2, -0.15) is 0 Å². The zero-order chi connectivity index (χ0) is 15.6. The molecule has 3 rings (SSSR count). The first-order chi connectivity index (χ1) is 10.6. The zero-order valence-corrected chi connectivity index (χ0v) is 13.3. The highest BCUT2D eigenvalue weighted by atomic mass is 16.5. The van der Waals surface area contributed by atoms with Crippen molar-refractivity contribution in [3.63, 3.8) is 0 Å². The molecule has 6 heteroatoms. The van der Waals surface area contributed by atoms with Gasteiger partial charge in [0.05, 0.1) is 32.6 Å². The van der Waals surface area contributed by atoms with Gasteiger partial charge in [0.25, 0.3) is 5.91 Å². The monoisotopic (exact) mass is 308 g/mol. The Balaban J connectivity index is 1.74. The Morgan fingerprint density at radius 2 is 2.14 bits per heavy atom. The number of amides is 1. The molecule has 2 saturated heterocycles. The van der Waals surface area contributed by atoms with E-state index in [4.69, 9.17) is 13.9 Å². The van der Waals surface area contributed by atoms with Gasteiger partial charge >= 0.3 is 0 Å². The van der Waals surface area contributed by atoms with Gasteiger partial charge in [0, 0.05) is 25.7 Å². The number of furan rings is 1. The fraction of sp³-hybridized carbons (Fsp3) is 0.688. The number of ether oxygens (including phenoxy) is 2. The molecule has 0 aromatic carbocycles. The van der Waals surface area contributed by atoms with E-state index in [1.165, 1.54) is 6.26 Å². The van der Waals surface area contributed by atoms with Crippen molar-refractivity contribution in [3.05, 3.63) is 24.2 Å². The Kier molecular flexibility index (Phi) is 4.52. The van der Waals surface area contributed by atoms with Gasteiger partial charge in [0.15, 0.2) is 5.76 Å². The highest BCUT2D eigenvalue weighted by Crippen LogP contribution is 2.24. The lowest BCUT2D eigenvalue weighted by Crippen LogP contribution is -2.60. The maximum atomic E-state index is 12.5. The van der Waals surface area contributed by atoms with Crippen molar-refractivity contribution >= 4 is 5.91 Å². The normalized spacial score (nSPS) is 27.3. The van der Waals surface area contributed by atoms with Crippen molar-refractivity contribution in [3.8, 4) is 0 Å². The van der Waals surface area contributed by atoms with Crippen LogP contribution in [0.25, 0.3) is 0 Å². The Morgan fingerprint density at radius 1 is 1.27 bits per heavy atom. The molecular formula is C16H24N2O4. The second-order valence-corrected chi connectivity index (χ2v) is 6.35. The molecule has 22 heavy (non-hydrogen) atoms. The Bertz CT molecular complexity index is 502. The molecule has 1 spiro atoms. The maximum Gasteiger partial charge on any atom is 0.289 e. The van der Waals surface area contributed by atoms with Crippen molar-refractivity contribution in [1.29, 1.82) is 0 Å². The van der Waals surface area contributed by atoms with Crippen molar-refractivity contribution < 1.29 is 18.7 Å². The largest absolute Gasteiger partial charge is 0.459 e. The number of carbonyl (C=O) groups excluding carboxylic acids is 1. The van der Waals surface area contributed by atoms with Crippen LogP contribution in [0.5, 0.6) is 0 Å². The number of hydrogen-bond donors (Lipinski definition) is 0. The van der Waals surface area contributed by atoms with Gasteiger partial charge in [-0.1, -0.05) is 0 Å². The fourth-order valence-electron chi connectivity index (χ4n) is 3.13. The first-order valence-corrected chi connectivity index (χ1v) is 7.88. The summed E-state index contributed by atoms with van der Waals surface area (Å²) in [6.07, 6.45) is 1.53. The van der Waals surface area contributed by atoms with E-state index in [2.05, 4.69) is 18.7 Å². The van der Waals surface area contributed by atoms with Gasteiger partial charge < -0.3 is 18.8 Å². The average Bonchev–Trinajstić information content (AvgIpc) is 2.97. The lowest BCUT2D eigenvalue weighted by molar-refractivity contribution is -0.134. The van der Waals surface area contributed by atoms with E-state index in [0.29, 0.717) is 44.7 Å². The Morgan fingerprint density at radius 3 is 2.86 bits per heavy atom. The van der Waals surface area contributed by atoms with Crippen molar-refractivity contribution in [2.75, 3.05) is 46.0 Å². The quantitative estimate of drug-likeness (QED) is 0.822. The molecule has 0 aliphatic carbocycles. The molecule has 0 bridgehead atoms. The van der Waals surface area contributed by atoms with Crippen LogP contribution in [0.15, 0.2) is 22.8 Å². The third-order valence-electron chi connectivity index (χ3n) is 4.38. The molecule has 0 radical (unpaired) electrons. The lowest BCUT2D eigenvalue weighted by atomic mass is 10.0. The van der Waals surface area contributed by atoms with Gasteiger partial charge in [-0.25, -0.2) is 0 Å². The molecule has 122 valence electrons. The van der Waals surface area contributed by atoms with E-state index in [0.717, 1.165) is 13.1 Å². The molecule has 1 unspecified atom stereocenters. The third-order valence-corrected chi connectivity index (χ3v) is 4.38. The highest BCUT2D eigenvalue weighted by Gasteiger charge is 2.42. The summed E-state index contributed by atoms with van der Waals surface area (Å²) in [5.41, 5.74) is -0.443. The Hall–Kier alpha value is -1.37. The minimum Gasteiger partial charge on any atom is -0.459 e. The first kappa shape index (κ1) is 15.5. The van der Waals surface area contributed by atoms with Gasteiger partial charge in [-0.3, -0.25) is 9.69 Å². The molecule has 3 heterocycles. The van der Waals surface area contributed by atoms with Crippen molar-refractivity contribution in [2.24, 2.45) is 0 Å². The summed E-state index contributed by atoms with van der Waals surface area (Å²) in [5, 5.41) is 0. The molecule has 0 N–H and O–H groups in total. The second-order valence-electron chi connectivity index (χ2n) is 6.35. The number of hydrogen-bond acceptors (Lipinski definition) is 5. The predicted molar refractivity (Wildman–Crippen MR) is 80.8 cm³/mol. The molecule has 2 aliphatic rings. The van der Waals surface area contributed by atoms with Gasteiger partial charge in [0.1, 0.15) is 5.60 Å². The first-order valence-electron chi connectivity index (χ1n) is 7.88. The van der Waals surface area contributed by atoms with Crippen LogP contribution >= 0.6 is 0 Å². The van der Waals surface area contributed by atoms with Gasteiger partial charge in [0.2, 0.25) is 0 Å². The zero-order valence-electron chi connectivity index (χ0n) is 13.3. The summed E-state index contributed by atoms with van der Waals surface area (Å²) in [7, 11) is 0. The minimum absolute atomic E-state index is 0.0759. The van der Waals surface area contributed by atoms with Crippen LogP contribution in [-0.4, -0.2) is 73.3 Å². The van der Waals surface area contributed by atoms with Gasteiger partial charge in [-0.15, -0.1) is 0 Å². The van der Waals surface area contributed by atoms with Crippen LogP contribution in [0.1, 0.15) is 24.4 Å². The predicted octanol–water partition coefficient (Wildman–Crippen LogP) is 1.23. The van der Waals surface area contributed by atoms with E-state index >= 15 is 0 Å². The van der Waals surface area contributed by atoms with Crippen LogP contribution < -0.4 is 0 Å². The molecule has 2 aliphatic heterocycles. The van der Waals surface area contributed by atoms with Crippen molar-refractivity contribution in [2.45, 2.75) is 25.5 Å². The molecule has 0 saturated carbocycles. The van der Waals surface area contributed by atoms with E-state index in [-0.39, 0.29) is 5.91 Å². The summed E-state index contributed by atoms with van der Waals surface area (Å²) in [4.78, 5) is 16.7. The summed E-state index contributed by atoms with van der Waals surface area (Å²) in [5.74, 6) is 0.306. The van der Waals surface area contributed by atoms with Crippen LogP contribution in [0.4, 0.5) is 0 Å². The van der Waals surface area contributed by atoms with Crippen molar-refractivity contribution in [1.82, 2.24) is 9.80 Å². The molecular weight excluding hydrogens is 284 g/mol. The molecule has 2 fully saturated rings. The number of nitrogens with zero attached hydrogens (tertiary/aromatic N) is 2. The third kappa shape index (κ3) is 3.19. The van der Waals surface area contributed by atoms with Crippen LogP contribution in [0.3, 0.4) is 0 Å². The summed E-state index contributed by atoms with van der Waals surface area (Å²) in [6.45, 7) is 8.91. The molecule has 1 amide bonds. The molecule has 6 nitrogen and oxygen atoms in total. The summed E-state index contributed by atoms with van der Waals surface area (Å²) in [6, 6.07) is 3.87. The fourth-order valence-corrected chi connectivity index (χ4v) is 3.13. The number of rotatable bonds is 2. The smallest absolute Gasteiger partial charge is 0.289 e. The lowest BCUT2D eigenvalue weighted by Gasteiger charge is -2.43. The van der Waals surface area contributed by atoms with E-state index in [1.807, 2.05) is 4.90 Å². The second kappa shape index (κ2) is 6.40. The van der Waals surface area contributed by atoms with E-state index in [9.17, 15) is 4.79 Å².